The van der Waals surface area contributed by atoms with Gasteiger partial charge in [-0.15, -0.1) is 0 Å². The smallest absolute Gasteiger partial charge is 0.436 e. The van der Waals surface area contributed by atoms with Gasteiger partial charge in [0.2, 0.25) is 0 Å². The zero-order chi connectivity index (χ0) is 16.3. The van der Waals surface area contributed by atoms with Crippen LogP contribution in [-0.4, -0.2) is 16.1 Å². The molecular formula is C14H13F3N2O3. The number of oxazole rings is 1. The van der Waals surface area contributed by atoms with E-state index in [9.17, 15) is 18.0 Å². The van der Waals surface area contributed by atoms with E-state index in [-0.39, 0.29) is 6.01 Å². The Labute approximate surface area is 123 Å². The molecule has 0 bridgehead atoms. The Morgan fingerprint density at radius 2 is 2.00 bits per heavy atom. The summed E-state index contributed by atoms with van der Waals surface area (Å²) >= 11 is 0. The van der Waals surface area contributed by atoms with E-state index in [1.165, 1.54) is 0 Å². The number of benzene rings is 1. The molecule has 22 heavy (non-hydrogen) atoms. The summed E-state index contributed by atoms with van der Waals surface area (Å²) in [6, 6.07) is 6.01. The van der Waals surface area contributed by atoms with E-state index in [2.05, 4.69) is 10.3 Å². The van der Waals surface area contributed by atoms with Gasteiger partial charge in [-0.1, -0.05) is 19.1 Å². The van der Waals surface area contributed by atoms with E-state index < -0.39 is 23.8 Å². The second-order valence-corrected chi connectivity index (χ2v) is 4.58. The largest absolute Gasteiger partial charge is 0.481 e. The van der Waals surface area contributed by atoms with Crippen molar-refractivity contribution in [2.45, 2.75) is 25.4 Å². The van der Waals surface area contributed by atoms with Gasteiger partial charge in [0, 0.05) is 5.69 Å². The van der Waals surface area contributed by atoms with Crippen LogP contribution in [0.25, 0.3) is 0 Å². The van der Waals surface area contributed by atoms with Crippen molar-refractivity contribution >= 4 is 17.7 Å². The van der Waals surface area contributed by atoms with Gasteiger partial charge >= 0.3 is 12.1 Å². The van der Waals surface area contributed by atoms with Crippen LogP contribution in [0, 0.1) is 0 Å². The van der Waals surface area contributed by atoms with Gasteiger partial charge in [0.05, 0.1) is 5.92 Å². The molecule has 0 radical (unpaired) electrons. The van der Waals surface area contributed by atoms with Gasteiger partial charge < -0.3 is 14.8 Å². The minimum atomic E-state index is -4.57. The summed E-state index contributed by atoms with van der Waals surface area (Å²) in [5, 5.41) is 11.6. The van der Waals surface area contributed by atoms with E-state index in [1.54, 1.807) is 31.2 Å². The predicted molar refractivity (Wildman–Crippen MR) is 71.9 cm³/mol. The zero-order valence-corrected chi connectivity index (χ0v) is 11.5. The van der Waals surface area contributed by atoms with Gasteiger partial charge in [0.15, 0.2) is 5.69 Å². The Balaban J connectivity index is 2.11. The van der Waals surface area contributed by atoms with Crippen LogP contribution in [0.4, 0.5) is 24.9 Å². The number of aromatic nitrogens is 1. The molecule has 0 amide bonds. The summed E-state index contributed by atoms with van der Waals surface area (Å²) in [6.45, 7) is 1.76. The third-order valence-electron chi connectivity index (χ3n) is 3.07. The van der Waals surface area contributed by atoms with E-state index in [1.807, 2.05) is 0 Å². The number of aliphatic carboxylic acids is 1. The van der Waals surface area contributed by atoms with Crippen LogP contribution in [0.5, 0.6) is 0 Å². The van der Waals surface area contributed by atoms with Crippen molar-refractivity contribution < 1.29 is 27.5 Å². The van der Waals surface area contributed by atoms with Crippen molar-refractivity contribution in [2.24, 2.45) is 0 Å². The second-order valence-electron chi connectivity index (χ2n) is 4.58. The lowest BCUT2D eigenvalue weighted by Crippen LogP contribution is -2.10. The van der Waals surface area contributed by atoms with Crippen LogP contribution in [-0.2, 0) is 11.0 Å². The molecule has 0 saturated carbocycles. The number of halogens is 3. The molecule has 0 aliphatic rings. The summed E-state index contributed by atoms with van der Waals surface area (Å²) in [7, 11) is 0. The van der Waals surface area contributed by atoms with Crippen molar-refractivity contribution in [3.63, 3.8) is 0 Å². The molecule has 0 saturated heterocycles. The lowest BCUT2D eigenvalue weighted by molar-refractivity contribution is -0.141. The molecule has 1 atom stereocenters. The monoisotopic (exact) mass is 314 g/mol. The van der Waals surface area contributed by atoms with Crippen molar-refractivity contribution in [3.8, 4) is 0 Å². The molecule has 1 aromatic heterocycles. The Morgan fingerprint density at radius 3 is 2.45 bits per heavy atom. The molecule has 0 fully saturated rings. The Bertz CT molecular complexity index is 650. The molecule has 1 aromatic carbocycles. The van der Waals surface area contributed by atoms with Gasteiger partial charge in [0.25, 0.3) is 6.01 Å². The minimum Gasteiger partial charge on any atom is -0.481 e. The summed E-state index contributed by atoms with van der Waals surface area (Å²) in [5.74, 6) is -1.54. The molecule has 5 nitrogen and oxygen atoms in total. The molecule has 2 aromatic rings. The highest BCUT2D eigenvalue weighted by Gasteiger charge is 2.34. The number of anilines is 2. The standard InChI is InChI=1S/C14H13F3N2O3/c1-2-10(12(20)21)8-3-5-9(6-4-8)18-13-19-11(7-22-13)14(15,16)17/h3-7,10H,2H2,1H3,(H,18,19)(H,20,21). The van der Waals surface area contributed by atoms with Crippen molar-refractivity contribution in [1.29, 1.82) is 0 Å². The topological polar surface area (TPSA) is 75.4 Å². The van der Waals surface area contributed by atoms with Gasteiger partial charge in [-0.3, -0.25) is 4.79 Å². The van der Waals surface area contributed by atoms with Crippen LogP contribution >= 0.6 is 0 Å². The van der Waals surface area contributed by atoms with Crippen molar-refractivity contribution in [2.75, 3.05) is 5.32 Å². The first kappa shape index (κ1) is 15.9. The van der Waals surface area contributed by atoms with E-state index in [4.69, 9.17) is 9.52 Å². The Morgan fingerprint density at radius 1 is 1.36 bits per heavy atom. The molecule has 2 N–H and O–H groups in total. The number of nitrogens with one attached hydrogen (secondary N) is 1. The number of hydrogen-bond acceptors (Lipinski definition) is 4. The van der Waals surface area contributed by atoms with E-state index in [0.717, 1.165) is 0 Å². The molecular weight excluding hydrogens is 301 g/mol. The molecule has 2 rings (SSSR count). The average molecular weight is 314 g/mol. The molecule has 118 valence electrons. The summed E-state index contributed by atoms with van der Waals surface area (Å²) < 4.78 is 41.9. The Hall–Kier alpha value is -2.51. The minimum absolute atomic E-state index is 0.287. The number of carboxylic acids is 1. The molecule has 0 aliphatic carbocycles. The molecule has 0 aliphatic heterocycles. The van der Waals surface area contributed by atoms with Crippen molar-refractivity contribution in [3.05, 3.63) is 41.8 Å². The fraction of sp³-hybridized carbons (Fsp3) is 0.286. The van der Waals surface area contributed by atoms with Crippen LogP contribution < -0.4 is 5.32 Å². The molecule has 0 spiro atoms. The number of alkyl halides is 3. The SMILES string of the molecule is CCC(C(=O)O)c1ccc(Nc2nc(C(F)(F)F)co2)cc1. The molecule has 8 heteroatoms. The highest BCUT2D eigenvalue weighted by molar-refractivity contribution is 5.76. The zero-order valence-electron chi connectivity index (χ0n) is 11.5. The number of hydrogen-bond donors (Lipinski definition) is 2. The number of nitrogens with zero attached hydrogens (tertiary/aromatic N) is 1. The number of carboxylic acid groups (broad SMARTS) is 1. The maximum absolute atomic E-state index is 12.4. The van der Waals surface area contributed by atoms with Crippen LogP contribution in [0.3, 0.4) is 0 Å². The first-order valence-corrected chi connectivity index (χ1v) is 6.43. The number of rotatable bonds is 5. The lowest BCUT2D eigenvalue weighted by atomic mass is 9.96. The van der Waals surface area contributed by atoms with Gasteiger partial charge in [-0.2, -0.15) is 18.2 Å². The maximum Gasteiger partial charge on any atom is 0.436 e. The third kappa shape index (κ3) is 3.57. The molecule has 1 heterocycles. The normalized spacial score (nSPS) is 12.9. The fourth-order valence-electron chi connectivity index (χ4n) is 1.94. The average Bonchev–Trinajstić information content (AvgIpc) is 2.89. The summed E-state index contributed by atoms with van der Waals surface area (Å²) in [5.41, 5.74) is -0.0629. The lowest BCUT2D eigenvalue weighted by Gasteiger charge is -2.10. The highest BCUT2D eigenvalue weighted by atomic mass is 19.4. The molecule has 1 unspecified atom stereocenters. The Kier molecular flexibility index (Phi) is 4.39. The quantitative estimate of drug-likeness (QED) is 0.872. The van der Waals surface area contributed by atoms with Gasteiger partial charge in [-0.05, 0) is 24.1 Å². The van der Waals surface area contributed by atoms with E-state index >= 15 is 0 Å². The van der Waals surface area contributed by atoms with Crippen LogP contribution in [0.15, 0.2) is 34.9 Å². The summed E-state index contributed by atoms with van der Waals surface area (Å²) in [6.07, 6.45) is -3.60. The third-order valence-corrected chi connectivity index (χ3v) is 3.07. The van der Waals surface area contributed by atoms with Gasteiger partial charge in [0.1, 0.15) is 6.26 Å². The second kappa shape index (κ2) is 6.08. The van der Waals surface area contributed by atoms with Crippen molar-refractivity contribution in [1.82, 2.24) is 4.98 Å². The maximum atomic E-state index is 12.4. The fourth-order valence-corrected chi connectivity index (χ4v) is 1.94. The first-order chi connectivity index (χ1) is 10.3. The summed E-state index contributed by atoms with van der Waals surface area (Å²) in [4.78, 5) is 14.3. The predicted octanol–water partition coefficient (Wildman–Crippen LogP) is 4.02. The first-order valence-electron chi connectivity index (χ1n) is 6.43. The van der Waals surface area contributed by atoms with Crippen LogP contribution in [0.1, 0.15) is 30.5 Å². The highest BCUT2D eigenvalue weighted by Crippen LogP contribution is 2.30. The van der Waals surface area contributed by atoms with Crippen LogP contribution in [0.2, 0.25) is 0 Å². The van der Waals surface area contributed by atoms with E-state index in [0.29, 0.717) is 23.9 Å². The number of carbonyl (C=O) groups is 1. The van der Waals surface area contributed by atoms with Gasteiger partial charge in [-0.25, -0.2) is 0 Å².